The number of piperidine rings is 1. The minimum Gasteiger partial charge on any atom is -0.343 e. The van der Waals surface area contributed by atoms with E-state index in [4.69, 9.17) is 12.2 Å². The largest absolute Gasteiger partial charge is 0.343 e. The molecule has 0 aliphatic carbocycles. The smallest absolute Gasteiger partial charge is 0.224 e. The zero-order valence-electron chi connectivity index (χ0n) is 9.19. The summed E-state index contributed by atoms with van der Waals surface area (Å²) in [5.74, 6) is 0.225. The average molecular weight is 240 g/mol. The number of nitrogens with one attached hydrogen (secondary N) is 1. The van der Waals surface area contributed by atoms with Crippen LogP contribution in [0.25, 0.3) is 0 Å². The first kappa shape index (κ1) is 11.3. The molecule has 0 unspecified atom stereocenters. The number of nitrogens with zero attached hydrogens (tertiary/aromatic N) is 3. The Morgan fingerprint density at radius 1 is 1.44 bits per heavy atom. The van der Waals surface area contributed by atoms with Crippen molar-refractivity contribution in [3.63, 3.8) is 0 Å². The number of aromatic nitrogens is 3. The lowest BCUT2D eigenvalue weighted by atomic mass is 10.1. The third kappa shape index (κ3) is 2.69. The molecule has 2 rings (SSSR count). The number of hydrogen-bond donors (Lipinski definition) is 1. The van der Waals surface area contributed by atoms with Gasteiger partial charge >= 0.3 is 0 Å². The third-order valence-corrected chi connectivity index (χ3v) is 3.22. The fourth-order valence-electron chi connectivity index (χ4n) is 1.95. The number of amides is 1. The molecule has 0 radical (unpaired) electrons. The topological polar surface area (TPSA) is 53.9 Å². The Hall–Kier alpha value is -1.17. The Kier molecular flexibility index (Phi) is 3.71. The average Bonchev–Trinajstić information content (AvgIpc) is 2.73. The molecule has 0 saturated carbocycles. The molecule has 2 heterocycles. The summed E-state index contributed by atoms with van der Waals surface area (Å²) in [5.41, 5.74) is 0. The van der Waals surface area contributed by atoms with Gasteiger partial charge in [0.15, 0.2) is 4.77 Å². The van der Waals surface area contributed by atoms with Crippen molar-refractivity contribution in [1.29, 1.82) is 0 Å². The van der Waals surface area contributed by atoms with E-state index < -0.39 is 0 Å². The molecule has 1 saturated heterocycles. The first-order valence-electron chi connectivity index (χ1n) is 5.65. The van der Waals surface area contributed by atoms with Gasteiger partial charge in [-0.15, -0.1) is 0 Å². The normalized spacial score (nSPS) is 16.4. The highest BCUT2D eigenvalue weighted by Crippen LogP contribution is 2.10. The summed E-state index contributed by atoms with van der Waals surface area (Å²) in [7, 11) is 0. The van der Waals surface area contributed by atoms with Crippen LogP contribution in [0.3, 0.4) is 0 Å². The van der Waals surface area contributed by atoms with Crippen molar-refractivity contribution in [2.24, 2.45) is 0 Å². The maximum atomic E-state index is 11.9. The summed E-state index contributed by atoms with van der Waals surface area (Å²) in [6.45, 7) is 2.44. The number of carbonyl (C=O) groups excluding carboxylic acids is 1. The van der Waals surface area contributed by atoms with Crippen LogP contribution in [0.15, 0.2) is 6.33 Å². The highest BCUT2D eigenvalue weighted by molar-refractivity contribution is 7.71. The molecule has 0 bridgehead atoms. The van der Waals surface area contributed by atoms with E-state index in [9.17, 15) is 4.79 Å². The molecule has 1 aliphatic heterocycles. The van der Waals surface area contributed by atoms with Crippen LogP contribution in [0, 0.1) is 4.77 Å². The maximum Gasteiger partial charge on any atom is 0.224 e. The van der Waals surface area contributed by atoms with E-state index in [0.717, 1.165) is 25.9 Å². The quantitative estimate of drug-likeness (QED) is 0.811. The van der Waals surface area contributed by atoms with Gasteiger partial charge in [0.1, 0.15) is 6.33 Å². The highest BCUT2D eigenvalue weighted by atomic mass is 32.1. The summed E-state index contributed by atoms with van der Waals surface area (Å²) < 4.78 is 2.36. The van der Waals surface area contributed by atoms with Gasteiger partial charge in [0.2, 0.25) is 5.91 Å². The van der Waals surface area contributed by atoms with Gasteiger partial charge in [0.25, 0.3) is 0 Å². The van der Waals surface area contributed by atoms with Gasteiger partial charge in [-0.3, -0.25) is 9.89 Å². The minimum absolute atomic E-state index is 0.225. The lowest BCUT2D eigenvalue weighted by Crippen LogP contribution is -2.35. The number of carbonyl (C=O) groups is 1. The van der Waals surface area contributed by atoms with Crippen LogP contribution in [-0.2, 0) is 11.3 Å². The van der Waals surface area contributed by atoms with E-state index in [0.29, 0.717) is 17.7 Å². The first-order chi connectivity index (χ1) is 7.77. The second kappa shape index (κ2) is 5.25. The van der Waals surface area contributed by atoms with Gasteiger partial charge in [0, 0.05) is 26.1 Å². The predicted octanol–water partition coefficient (Wildman–Crippen LogP) is 1.34. The summed E-state index contributed by atoms with van der Waals surface area (Å²) in [6, 6.07) is 0. The molecule has 1 aliphatic rings. The van der Waals surface area contributed by atoms with Crippen molar-refractivity contribution < 1.29 is 4.79 Å². The fourth-order valence-corrected chi connectivity index (χ4v) is 2.14. The van der Waals surface area contributed by atoms with Gasteiger partial charge in [-0.1, -0.05) is 0 Å². The van der Waals surface area contributed by atoms with E-state index in [1.54, 1.807) is 10.9 Å². The van der Waals surface area contributed by atoms with Crippen LogP contribution in [0.4, 0.5) is 0 Å². The van der Waals surface area contributed by atoms with Crippen molar-refractivity contribution in [1.82, 2.24) is 19.7 Å². The van der Waals surface area contributed by atoms with E-state index in [2.05, 4.69) is 10.2 Å². The molecular weight excluding hydrogens is 224 g/mol. The molecule has 16 heavy (non-hydrogen) atoms. The maximum absolute atomic E-state index is 11.9. The van der Waals surface area contributed by atoms with Crippen LogP contribution in [-0.4, -0.2) is 38.7 Å². The van der Waals surface area contributed by atoms with Gasteiger partial charge in [-0.05, 0) is 31.5 Å². The van der Waals surface area contributed by atoms with Crippen molar-refractivity contribution in [3.8, 4) is 0 Å². The Morgan fingerprint density at radius 3 is 2.81 bits per heavy atom. The fraction of sp³-hybridized carbons (Fsp3) is 0.700. The van der Waals surface area contributed by atoms with Crippen LogP contribution in [0.2, 0.25) is 0 Å². The van der Waals surface area contributed by atoms with E-state index in [1.807, 2.05) is 4.90 Å². The van der Waals surface area contributed by atoms with Crippen LogP contribution < -0.4 is 0 Å². The molecule has 1 N–H and O–H groups in total. The Morgan fingerprint density at radius 2 is 2.19 bits per heavy atom. The van der Waals surface area contributed by atoms with Gasteiger partial charge in [0.05, 0.1) is 0 Å². The third-order valence-electron chi connectivity index (χ3n) is 2.89. The van der Waals surface area contributed by atoms with E-state index in [-0.39, 0.29) is 5.91 Å². The van der Waals surface area contributed by atoms with Crippen molar-refractivity contribution >= 4 is 18.1 Å². The number of rotatable bonds is 3. The molecule has 0 spiro atoms. The summed E-state index contributed by atoms with van der Waals surface area (Å²) in [5, 5.41) is 6.50. The predicted molar refractivity (Wildman–Crippen MR) is 62.5 cm³/mol. The molecule has 1 aromatic heterocycles. The summed E-state index contributed by atoms with van der Waals surface area (Å²) in [6.07, 6.45) is 5.66. The van der Waals surface area contributed by atoms with Crippen LogP contribution in [0.1, 0.15) is 25.7 Å². The number of likely N-dealkylation sites (tertiary alicyclic amines) is 1. The molecule has 88 valence electrons. The first-order valence-corrected chi connectivity index (χ1v) is 6.06. The zero-order chi connectivity index (χ0) is 11.4. The number of aromatic amines is 1. The van der Waals surface area contributed by atoms with Gasteiger partial charge in [-0.2, -0.15) is 5.10 Å². The zero-order valence-corrected chi connectivity index (χ0v) is 10.0. The van der Waals surface area contributed by atoms with Crippen LogP contribution >= 0.6 is 12.2 Å². The second-order valence-electron chi connectivity index (χ2n) is 4.05. The van der Waals surface area contributed by atoms with Crippen molar-refractivity contribution in [2.45, 2.75) is 32.2 Å². The van der Waals surface area contributed by atoms with Crippen LogP contribution in [0.5, 0.6) is 0 Å². The Labute approximate surface area is 99.5 Å². The lowest BCUT2D eigenvalue weighted by Gasteiger charge is -2.26. The van der Waals surface area contributed by atoms with E-state index in [1.165, 1.54) is 6.42 Å². The number of hydrogen-bond acceptors (Lipinski definition) is 3. The number of aryl methyl sites for hydroxylation is 1. The monoisotopic (exact) mass is 240 g/mol. The minimum atomic E-state index is 0.225. The summed E-state index contributed by atoms with van der Waals surface area (Å²) in [4.78, 5) is 13.8. The number of H-pyrrole nitrogens is 1. The van der Waals surface area contributed by atoms with E-state index >= 15 is 0 Å². The highest BCUT2D eigenvalue weighted by Gasteiger charge is 2.15. The standard InChI is InChI=1S/C10H16N4OS/c15-9(13-5-2-1-3-6-13)4-7-14-8-11-12-10(14)16/h8H,1-7H2,(H,12,16). The molecule has 6 heteroatoms. The molecule has 0 atom stereocenters. The molecule has 1 aromatic rings. The lowest BCUT2D eigenvalue weighted by molar-refractivity contribution is -0.132. The van der Waals surface area contributed by atoms with Gasteiger partial charge in [-0.25, -0.2) is 0 Å². The molecule has 1 amide bonds. The Bertz CT molecular complexity index is 405. The molecular formula is C10H16N4OS. The molecule has 5 nitrogen and oxygen atoms in total. The SMILES string of the molecule is O=C(CCn1cn[nH]c1=S)N1CCCCC1. The van der Waals surface area contributed by atoms with Crippen molar-refractivity contribution in [2.75, 3.05) is 13.1 Å². The molecule has 1 fully saturated rings. The summed E-state index contributed by atoms with van der Waals surface area (Å²) >= 11 is 5.01. The molecule has 0 aromatic carbocycles. The van der Waals surface area contributed by atoms with Gasteiger partial charge < -0.3 is 9.47 Å². The van der Waals surface area contributed by atoms with Crippen molar-refractivity contribution in [3.05, 3.63) is 11.1 Å². The second-order valence-corrected chi connectivity index (χ2v) is 4.43. The Balaban J connectivity index is 1.83.